The fourth-order valence-electron chi connectivity index (χ4n) is 4.66. The van der Waals surface area contributed by atoms with Gasteiger partial charge in [-0.1, -0.05) is 41.4 Å². The van der Waals surface area contributed by atoms with Crippen molar-refractivity contribution in [2.45, 2.75) is 26.7 Å². The number of nitriles is 1. The average molecular weight is 539 g/mol. The predicted molar refractivity (Wildman–Crippen MR) is 150 cm³/mol. The second-order valence-electron chi connectivity index (χ2n) is 9.54. The summed E-state index contributed by atoms with van der Waals surface area (Å²) in [6.07, 6.45) is 1.36. The molecule has 0 aliphatic carbocycles. The van der Waals surface area contributed by atoms with E-state index in [4.69, 9.17) is 11.6 Å². The van der Waals surface area contributed by atoms with Gasteiger partial charge < -0.3 is 10.2 Å². The van der Waals surface area contributed by atoms with E-state index < -0.39 is 0 Å². The first kappa shape index (κ1) is 26.1. The highest BCUT2D eigenvalue weighted by Gasteiger charge is 2.26. The number of aryl methyl sites for hydroxylation is 2. The number of rotatable bonds is 8. The van der Waals surface area contributed by atoms with Gasteiger partial charge in [-0.05, 0) is 56.7 Å². The lowest BCUT2D eigenvalue weighted by atomic mass is 10.0. The Hall–Kier alpha value is -4.48. The summed E-state index contributed by atoms with van der Waals surface area (Å²) in [5.41, 5.74) is 4.81. The van der Waals surface area contributed by atoms with Crippen molar-refractivity contribution in [2.75, 3.05) is 25.0 Å². The summed E-state index contributed by atoms with van der Waals surface area (Å²) in [5.74, 6) is 0.0765. The fourth-order valence-corrected chi connectivity index (χ4v) is 4.78. The van der Waals surface area contributed by atoms with Crippen molar-refractivity contribution in [3.8, 4) is 11.8 Å². The number of carbonyl (C=O) groups excluding carboxylic acids is 2. The van der Waals surface area contributed by atoms with Crippen LogP contribution in [0.4, 0.5) is 5.82 Å². The number of fused-ring (bicyclic) bond motifs is 1. The van der Waals surface area contributed by atoms with E-state index in [1.54, 1.807) is 41.1 Å². The molecular weight excluding hydrogens is 512 g/mol. The molecule has 0 bridgehead atoms. The van der Waals surface area contributed by atoms with Crippen molar-refractivity contribution in [1.82, 2.24) is 19.7 Å². The van der Waals surface area contributed by atoms with Gasteiger partial charge in [0.2, 0.25) is 5.78 Å². The maximum absolute atomic E-state index is 13.4. The molecule has 4 aromatic rings. The zero-order valence-corrected chi connectivity index (χ0v) is 22.5. The van der Waals surface area contributed by atoms with Gasteiger partial charge in [-0.3, -0.25) is 14.6 Å². The standard InChI is InChI=1S/C30H27ClN6O2/c1-19-4-7-21(8-5-19)28(38)27-25(18-32)29(37(35-27)23-11-9-22(31)10-12-23)33-15-3-16-36-17-14-26-24(30(36)39)13-6-20(2)34-26/h4-13,33H,3,14-17H2,1-2H3. The minimum atomic E-state index is -0.330. The predicted octanol–water partition coefficient (Wildman–Crippen LogP) is 5.14. The molecule has 39 heavy (non-hydrogen) atoms. The number of ketones is 1. The van der Waals surface area contributed by atoms with Crippen LogP contribution in [0.15, 0.2) is 60.7 Å². The van der Waals surface area contributed by atoms with E-state index in [2.05, 4.69) is 21.5 Å². The van der Waals surface area contributed by atoms with Crippen molar-refractivity contribution >= 4 is 29.1 Å². The molecular formula is C30H27ClN6O2. The van der Waals surface area contributed by atoms with Gasteiger partial charge in [-0.2, -0.15) is 10.4 Å². The number of halogens is 1. The number of nitrogens with zero attached hydrogens (tertiary/aromatic N) is 5. The van der Waals surface area contributed by atoms with E-state index in [-0.39, 0.29) is 22.9 Å². The lowest BCUT2D eigenvalue weighted by molar-refractivity contribution is 0.0737. The Kier molecular flexibility index (Phi) is 7.44. The maximum atomic E-state index is 13.4. The lowest BCUT2D eigenvalue weighted by Gasteiger charge is -2.28. The van der Waals surface area contributed by atoms with Gasteiger partial charge in [0.05, 0.1) is 16.9 Å². The molecule has 1 amide bonds. The number of amides is 1. The summed E-state index contributed by atoms with van der Waals surface area (Å²) in [5, 5.41) is 18.5. The zero-order valence-electron chi connectivity index (χ0n) is 21.7. The van der Waals surface area contributed by atoms with Gasteiger partial charge in [-0.25, -0.2) is 4.68 Å². The third-order valence-electron chi connectivity index (χ3n) is 6.74. The van der Waals surface area contributed by atoms with Gasteiger partial charge in [0.1, 0.15) is 17.5 Å². The molecule has 1 N–H and O–H groups in total. The largest absolute Gasteiger partial charge is 0.369 e. The van der Waals surface area contributed by atoms with Crippen LogP contribution in [0.5, 0.6) is 0 Å². The fraction of sp³-hybridized carbons (Fsp3) is 0.233. The Balaban J connectivity index is 1.37. The van der Waals surface area contributed by atoms with Gasteiger partial charge in [0, 0.05) is 42.3 Å². The first-order valence-corrected chi connectivity index (χ1v) is 13.1. The minimum Gasteiger partial charge on any atom is -0.369 e. The third kappa shape index (κ3) is 5.40. The molecule has 0 unspecified atom stereocenters. The number of carbonyl (C=O) groups is 2. The Morgan fingerprint density at radius 3 is 2.54 bits per heavy atom. The topological polar surface area (TPSA) is 104 Å². The van der Waals surface area contributed by atoms with E-state index in [1.165, 1.54) is 0 Å². The van der Waals surface area contributed by atoms with Crippen LogP contribution in [0.2, 0.25) is 5.02 Å². The van der Waals surface area contributed by atoms with Crippen LogP contribution in [-0.2, 0) is 6.42 Å². The molecule has 2 aromatic carbocycles. The quantitative estimate of drug-likeness (QED) is 0.246. The van der Waals surface area contributed by atoms with Crippen LogP contribution < -0.4 is 5.32 Å². The van der Waals surface area contributed by atoms with Crippen molar-refractivity contribution in [3.05, 3.63) is 105 Å². The van der Waals surface area contributed by atoms with Gasteiger partial charge in [-0.15, -0.1) is 0 Å². The molecule has 3 heterocycles. The Bertz CT molecular complexity index is 1590. The molecule has 2 aromatic heterocycles. The molecule has 0 saturated heterocycles. The monoisotopic (exact) mass is 538 g/mol. The molecule has 5 rings (SSSR count). The van der Waals surface area contributed by atoms with Crippen LogP contribution >= 0.6 is 11.6 Å². The first-order valence-electron chi connectivity index (χ1n) is 12.8. The number of anilines is 1. The van der Waals surface area contributed by atoms with Crippen LogP contribution in [0.1, 0.15) is 55.3 Å². The van der Waals surface area contributed by atoms with E-state index in [1.807, 2.05) is 43.0 Å². The number of nitrogens with one attached hydrogen (secondary N) is 1. The number of pyridine rings is 1. The Labute approximate surface area is 231 Å². The summed E-state index contributed by atoms with van der Waals surface area (Å²) < 4.78 is 1.56. The van der Waals surface area contributed by atoms with Crippen LogP contribution in [0.3, 0.4) is 0 Å². The molecule has 1 aliphatic heterocycles. The Morgan fingerprint density at radius 2 is 1.82 bits per heavy atom. The van der Waals surface area contributed by atoms with Crippen molar-refractivity contribution < 1.29 is 9.59 Å². The molecule has 1 aliphatic rings. The average Bonchev–Trinajstić information content (AvgIpc) is 3.31. The molecule has 0 radical (unpaired) electrons. The highest BCUT2D eigenvalue weighted by Crippen LogP contribution is 2.27. The van der Waals surface area contributed by atoms with Crippen LogP contribution in [-0.4, -0.2) is 51.0 Å². The van der Waals surface area contributed by atoms with Gasteiger partial charge in [0.25, 0.3) is 5.91 Å². The summed E-state index contributed by atoms with van der Waals surface area (Å²) in [6.45, 7) is 5.50. The van der Waals surface area contributed by atoms with Crippen molar-refractivity contribution in [1.29, 1.82) is 5.26 Å². The van der Waals surface area contributed by atoms with E-state index in [0.29, 0.717) is 53.7 Å². The normalized spacial score (nSPS) is 12.7. The lowest BCUT2D eigenvalue weighted by Crippen LogP contribution is -2.39. The number of hydrogen-bond donors (Lipinski definition) is 1. The third-order valence-corrected chi connectivity index (χ3v) is 7.00. The number of hydrogen-bond acceptors (Lipinski definition) is 6. The summed E-state index contributed by atoms with van der Waals surface area (Å²) in [7, 11) is 0. The van der Waals surface area contributed by atoms with Gasteiger partial charge >= 0.3 is 0 Å². The molecule has 196 valence electrons. The van der Waals surface area contributed by atoms with Crippen LogP contribution in [0.25, 0.3) is 5.69 Å². The van der Waals surface area contributed by atoms with Crippen molar-refractivity contribution in [2.24, 2.45) is 0 Å². The molecule has 0 spiro atoms. The molecule has 0 atom stereocenters. The molecule has 8 nitrogen and oxygen atoms in total. The number of benzene rings is 2. The Morgan fingerprint density at radius 1 is 1.08 bits per heavy atom. The summed E-state index contributed by atoms with van der Waals surface area (Å²) in [6, 6.07) is 20.1. The number of aromatic nitrogens is 3. The van der Waals surface area contributed by atoms with Gasteiger partial charge in [0.15, 0.2) is 5.69 Å². The van der Waals surface area contributed by atoms with Crippen molar-refractivity contribution in [3.63, 3.8) is 0 Å². The van der Waals surface area contributed by atoms with E-state index >= 15 is 0 Å². The molecule has 0 saturated carbocycles. The highest BCUT2D eigenvalue weighted by atomic mass is 35.5. The first-order chi connectivity index (χ1) is 18.9. The SMILES string of the molecule is Cc1ccc(C(=O)c2nn(-c3ccc(Cl)cc3)c(NCCCN3CCc4nc(C)ccc4C3=O)c2C#N)cc1. The second kappa shape index (κ2) is 11.1. The second-order valence-corrected chi connectivity index (χ2v) is 9.97. The smallest absolute Gasteiger partial charge is 0.255 e. The van der Waals surface area contributed by atoms with E-state index in [9.17, 15) is 14.9 Å². The summed E-state index contributed by atoms with van der Waals surface area (Å²) in [4.78, 5) is 32.6. The maximum Gasteiger partial charge on any atom is 0.255 e. The molecule has 9 heteroatoms. The minimum absolute atomic E-state index is 0.0151. The molecule has 0 fully saturated rings. The zero-order chi connectivity index (χ0) is 27.5. The van der Waals surface area contributed by atoms with Crippen LogP contribution in [0, 0.1) is 25.2 Å². The highest BCUT2D eigenvalue weighted by molar-refractivity contribution is 6.30. The summed E-state index contributed by atoms with van der Waals surface area (Å²) >= 11 is 6.09. The van der Waals surface area contributed by atoms with E-state index in [0.717, 1.165) is 23.4 Å².